The summed E-state index contributed by atoms with van der Waals surface area (Å²) >= 11 is 0. The highest BCUT2D eigenvalue weighted by Crippen LogP contribution is 2.18. The van der Waals surface area contributed by atoms with Crippen LogP contribution in [0.5, 0.6) is 0 Å². The summed E-state index contributed by atoms with van der Waals surface area (Å²) in [4.78, 5) is 21.2. The summed E-state index contributed by atoms with van der Waals surface area (Å²) in [6.45, 7) is 0.973. The summed E-state index contributed by atoms with van der Waals surface area (Å²) in [5.74, 6) is -1.78. The normalized spacial score (nSPS) is 10.3. The Bertz CT molecular complexity index is 479. The number of carbonyl (C=O) groups excluding carboxylic acids is 1. The summed E-state index contributed by atoms with van der Waals surface area (Å²) in [5, 5.41) is 10.5. The van der Waals surface area contributed by atoms with Gasteiger partial charge in [0.15, 0.2) is 0 Å². The summed E-state index contributed by atoms with van der Waals surface area (Å²) < 4.78 is 27.7. The molecule has 7 nitrogen and oxygen atoms in total. The Balaban J connectivity index is 2.47. The third-order valence-corrected chi connectivity index (χ3v) is 2.27. The summed E-state index contributed by atoms with van der Waals surface area (Å²) in [5.41, 5.74) is -0.856. The Morgan fingerprint density at radius 1 is 1.30 bits per heavy atom. The van der Waals surface area contributed by atoms with Crippen LogP contribution in [0, 0.1) is 15.9 Å². The smallest absolute Gasteiger partial charge is 0.338 e. The van der Waals surface area contributed by atoms with Crippen LogP contribution in [0.25, 0.3) is 0 Å². The highest BCUT2D eigenvalue weighted by molar-refractivity contribution is 5.90. The van der Waals surface area contributed by atoms with Crippen molar-refractivity contribution in [2.24, 2.45) is 0 Å². The predicted octanol–water partition coefficient (Wildman–Crippen LogP) is 1.55. The first-order chi connectivity index (χ1) is 9.56. The van der Waals surface area contributed by atoms with E-state index in [-0.39, 0.29) is 18.8 Å². The lowest BCUT2D eigenvalue weighted by Gasteiger charge is -2.06. The van der Waals surface area contributed by atoms with Gasteiger partial charge in [-0.3, -0.25) is 10.1 Å². The zero-order chi connectivity index (χ0) is 15.0. The fourth-order valence-electron chi connectivity index (χ4n) is 1.30. The van der Waals surface area contributed by atoms with Gasteiger partial charge in [0.2, 0.25) is 5.82 Å². The van der Waals surface area contributed by atoms with E-state index in [4.69, 9.17) is 14.2 Å². The summed E-state index contributed by atoms with van der Waals surface area (Å²) in [6, 6.07) is 2.81. The van der Waals surface area contributed by atoms with Crippen LogP contribution in [0.2, 0.25) is 0 Å². The Morgan fingerprint density at radius 3 is 2.65 bits per heavy atom. The van der Waals surface area contributed by atoms with E-state index in [9.17, 15) is 19.3 Å². The van der Waals surface area contributed by atoms with Crippen LogP contribution in [-0.2, 0) is 14.2 Å². The molecular formula is C12H14FNO6. The van der Waals surface area contributed by atoms with Crippen molar-refractivity contribution >= 4 is 11.7 Å². The molecule has 110 valence electrons. The number of benzene rings is 1. The van der Waals surface area contributed by atoms with Crippen molar-refractivity contribution in [3.63, 3.8) is 0 Å². The minimum atomic E-state index is -1.01. The van der Waals surface area contributed by atoms with Crippen LogP contribution in [-0.4, -0.2) is 44.4 Å². The monoisotopic (exact) mass is 287 g/mol. The molecule has 0 atom stereocenters. The molecule has 0 aromatic heterocycles. The van der Waals surface area contributed by atoms with Crippen LogP contribution in [0.1, 0.15) is 10.4 Å². The van der Waals surface area contributed by atoms with E-state index in [1.54, 1.807) is 0 Å². The van der Waals surface area contributed by atoms with Gasteiger partial charge in [0.25, 0.3) is 0 Å². The molecule has 0 aliphatic rings. The van der Waals surface area contributed by atoms with Crippen LogP contribution in [0.4, 0.5) is 10.1 Å². The average Bonchev–Trinajstić information content (AvgIpc) is 2.42. The first-order valence-electron chi connectivity index (χ1n) is 5.74. The van der Waals surface area contributed by atoms with E-state index in [0.29, 0.717) is 13.2 Å². The van der Waals surface area contributed by atoms with Gasteiger partial charge in [-0.15, -0.1) is 0 Å². The predicted molar refractivity (Wildman–Crippen MR) is 66.0 cm³/mol. The molecule has 0 saturated carbocycles. The zero-order valence-electron chi connectivity index (χ0n) is 10.8. The van der Waals surface area contributed by atoms with Crippen molar-refractivity contribution < 1.29 is 28.3 Å². The number of methoxy groups -OCH3 is 1. The summed E-state index contributed by atoms with van der Waals surface area (Å²) in [6.07, 6.45) is 0. The topological polar surface area (TPSA) is 87.9 Å². The fraction of sp³-hybridized carbons (Fsp3) is 0.417. The van der Waals surface area contributed by atoms with Crippen molar-refractivity contribution in [2.75, 3.05) is 33.5 Å². The van der Waals surface area contributed by atoms with E-state index in [1.807, 2.05) is 0 Å². The molecule has 0 unspecified atom stereocenters. The minimum absolute atomic E-state index is 0.00623. The Hall–Kier alpha value is -2.06. The highest BCUT2D eigenvalue weighted by Gasteiger charge is 2.18. The molecule has 0 amide bonds. The number of nitro benzene ring substituents is 1. The van der Waals surface area contributed by atoms with Crippen molar-refractivity contribution in [3.05, 3.63) is 39.7 Å². The molecule has 0 fully saturated rings. The lowest BCUT2D eigenvalue weighted by atomic mass is 10.2. The van der Waals surface area contributed by atoms with Gasteiger partial charge in [-0.1, -0.05) is 0 Å². The fourth-order valence-corrected chi connectivity index (χ4v) is 1.30. The number of ether oxygens (including phenoxy) is 3. The van der Waals surface area contributed by atoms with Gasteiger partial charge in [-0.05, 0) is 12.1 Å². The second-order valence-electron chi connectivity index (χ2n) is 3.66. The molecule has 0 bridgehead atoms. The SMILES string of the molecule is COCCOCCOC(=O)c1ccc(F)c([N+](=O)[O-])c1. The number of carbonyl (C=O) groups is 1. The van der Waals surface area contributed by atoms with Crippen LogP contribution >= 0.6 is 0 Å². The van der Waals surface area contributed by atoms with Gasteiger partial charge in [0.05, 0.1) is 30.3 Å². The van der Waals surface area contributed by atoms with E-state index >= 15 is 0 Å². The largest absolute Gasteiger partial charge is 0.460 e. The number of hydrogen-bond donors (Lipinski definition) is 0. The Labute approximate surface area is 114 Å². The second kappa shape index (κ2) is 8.18. The first kappa shape index (κ1) is 16.0. The summed E-state index contributed by atoms with van der Waals surface area (Å²) in [7, 11) is 1.53. The molecule has 0 radical (unpaired) electrons. The van der Waals surface area contributed by atoms with E-state index in [0.717, 1.165) is 18.2 Å². The maximum atomic E-state index is 13.1. The van der Waals surface area contributed by atoms with Crippen molar-refractivity contribution in [1.82, 2.24) is 0 Å². The number of rotatable bonds is 8. The average molecular weight is 287 g/mol. The van der Waals surface area contributed by atoms with Gasteiger partial charge in [-0.25, -0.2) is 4.79 Å². The molecule has 1 aromatic rings. The highest BCUT2D eigenvalue weighted by atomic mass is 19.1. The number of nitrogens with zero attached hydrogens (tertiary/aromatic N) is 1. The first-order valence-corrected chi connectivity index (χ1v) is 5.74. The van der Waals surface area contributed by atoms with Crippen molar-refractivity contribution in [1.29, 1.82) is 0 Å². The number of hydrogen-bond acceptors (Lipinski definition) is 6. The van der Waals surface area contributed by atoms with Crippen LogP contribution in [0.15, 0.2) is 18.2 Å². The van der Waals surface area contributed by atoms with E-state index in [1.165, 1.54) is 7.11 Å². The molecule has 0 heterocycles. The lowest BCUT2D eigenvalue weighted by molar-refractivity contribution is -0.387. The molecule has 0 aliphatic heterocycles. The van der Waals surface area contributed by atoms with Gasteiger partial charge in [-0.2, -0.15) is 4.39 Å². The Morgan fingerprint density at radius 2 is 2.00 bits per heavy atom. The molecule has 1 rings (SSSR count). The van der Waals surface area contributed by atoms with Crippen LogP contribution in [0.3, 0.4) is 0 Å². The van der Waals surface area contributed by atoms with E-state index in [2.05, 4.69) is 0 Å². The van der Waals surface area contributed by atoms with Crippen molar-refractivity contribution in [3.8, 4) is 0 Å². The number of esters is 1. The maximum absolute atomic E-state index is 13.1. The molecule has 0 aliphatic carbocycles. The quantitative estimate of drug-likeness (QED) is 0.312. The van der Waals surface area contributed by atoms with Gasteiger partial charge in [0.1, 0.15) is 6.61 Å². The van der Waals surface area contributed by atoms with E-state index < -0.39 is 22.4 Å². The third-order valence-electron chi connectivity index (χ3n) is 2.27. The minimum Gasteiger partial charge on any atom is -0.460 e. The molecule has 0 N–H and O–H groups in total. The van der Waals surface area contributed by atoms with Crippen molar-refractivity contribution in [2.45, 2.75) is 0 Å². The molecule has 20 heavy (non-hydrogen) atoms. The molecule has 0 saturated heterocycles. The Kier molecular flexibility index (Phi) is 6.54. The molecule has 0 spiro atoms. The number of nitro groups is 1. The molecular weight excluding hydrogens is 273 g/mol. The lowest BCUT2D eigenvalue weighted by Crippen LogP contribution is -2.13. The van der Waals surface area contributed by atoms with Gasteiger partial charge < -0.3 is 14.2 Å². The molecule has 1 aromatic carbocycles. The van der Waals surface area contributed by atoms with Gasteiger partial charge in [0, 0.05) is 13.2 Å². The van der Waals surface area contributed by atoms with Gasteiger partial charge >= 0.3 is 11.7 Å². The van der Waals surface area contributed by atoms with Crippen LogP contribution < -0.4 is 0 Å². The third kappa shape index (κ3) is 4.90. The number of halogens is 1. The zero-order valence-corrected chi connectivity index (χ0v) is 10.8. The maximum Gasteiger partial charge on any atom is 0.338 e. The standard InChI is InChI=1S/C12H14FNO6/c1-18-4-5-19-6-7-20-12(15)9-2-3-10(13)11(8-9)14(16)17/h2-3,8H,4-7H2,1H3. The second-order valence-corrected chi connectivity index (χ2v) is 3.66. The molecule has 8 heteroatoms.